The summed E-state index contributed by atoms with van der Waals surface area (Å²) in [5.74, 6) is -0.0187. The lowest BCUT2D eigenvalue weighted by atomic mass is 10.1. The molecular weight excluding hydrogens is 306 g/mol. The van der Waals surface area contributed by atoms with E-state index in [-0.39, 0.29) is 30.1 Å². The number of hydrogen-bond donors (Lipinski definition) is 1. The molecule has 7 heteroatoms. The third kappa shape index (κ3) is 5.69. The van der Waals surface area contributed by atoms with Crippen molar-refractivity contribution in [2.75, 3.05) is 12.3 Å². The van der Waals surface area contributed by atoms with Gasteiger partial charge in [0.05, 0.1) is 10.0 Å². The Balaban J connectivity index is 2.41. The molecule has 0 radical (unpaired) electrons. The standard InChI is InChI=1S/C11H12Cl2F3NS/c1-7(17-4-5-18-11(14,15)16)8-2-3-9(12)10(13)6-8/h2-3,6-7,17H,4-5H2,1H3. The van der Waals surface area contributed by atoms with Gasteiger partial charge < -0.3 is 5.32 Å². The predicted octanol–water partition coefficient (Wildman–Crippen LogP) is 4.90. The van der Waals surface area contributed by atoms with Crippen molar-refractivity contribution in [3.8, 4) is 0 Å². The van der Waals surface area contributed by atoms with Gasteiger partial charge in [-0.25, -0.2) is 0 Å². The highest BCUT2D eigenvalue weighted by Crippen LogP contribution is 2.30. The van der Waals surface area contributed by atoms with Crippen LogP contribution in [0.4, 0.5) is 13.2 Å². The Bertz CT molecular complexity index is 398. The van der Waals surface area contributed by atoms with Crippen molar-refractivity contribution in [3.05, 3.63) is 33.8 Å². The lowest BCUT2D eigenvalue weighted by molar-refractivity contribution is -0.0327. The van der Waals surface area contributed by atoms with Gasteiger partial charge in [-0.1, -0.05) is 29.3 Å². The smallest absolute Gasteiger partial charge is 0.309 e. The number of benzene rings is 1. The maximum atomic E-state index is 11.9. The summed E-state index contributed by atoms with van der Waals surface area (Å²) in [5, 5.41) is 3.89. The molecule has 0 aliphatic heterocycles. The molecule has 0 heterocycles. The third-order valence-corrected chi connectivity index (χ3v) is 3.74. The number of rotatable bonds is 5. The minimum Gasteiger partial charge on any atom is -0.309 e. The summed E-state index contributed by atoms with van der Waals surface area (Å²) >= 11 is 11.6. The maximum absolute atomic E-state index is 11.9. The first-order chi connectivity index (χ1) is 8.29. The fourth-order valence-electron chi connectivity index (χ4n) is 1.34. The zero-order chi connectivity index (χ0) is 13.8. The molecule has 0 aliphatic carbocycles. The van der Waals surface area contributed by atoms with Crippen molar-refractivity contribution in [3.63, 3.8) is 0 Å². The largest absolute Gasteiger partial charge is 0.441 e. The van der Waals surface area contributed by atoms with E-state index in [4.69, 9.17) is 23.2 Å². The van der Waals surface area contributed by atoms with Gasteiger partial charge in [0, 0.05) is 18.3 Å². The number of nitrogens with one attached hydrogen (secondary N) is 1. The van der Waals surface area contributed by atoms with Crippen LogP contribution >= 0.6 is 35.0 Å². The average Bonchev–Trinajstić information content (AvgIpc) is 2.26. The van der Waals surface area contributed by atoms with Crippen molar-refractivity contribution in [1.29, 1.82) is 0 Å². The molecule has 0 bridgehead atoms. The van der Waals surface area contributed by atoms with Crippen LogP contribution in [-0.2, 0) is 0 Å². The van der Waals surface area contributed by atoms with Crippen molar-refractivity contribution in [2.24, 2.45) is 0 Å². The lowest BCUT2D eigenvalue weighted by Crippen LogP contribution is -2.22. The molecule has 0 saturated carbocycles. The third-order valence-electron chi connectivity index (χ3n) is 2.26. The van der Waals surface area contributed by atoms with E-state index >= 15 is 0 Å². The van der Waals surface area contributed by atoms with Gasteiger partial charge in [-0.15, -0.1) is 0 Å². The van der Waals surface area contributed by atoms with Gasteiger partial charge in [-0.2, -0.15) is 13.2 Å². The second-order valence-electron chi connectivity index (χ2n) is 3.64. The molecule has 0 aromatic heterocycles. The maximum Gasteiger partial charge on any atom is 0.441 e. The van der Waals surface area contributed by atoms with Crippen molar-refractivity contribution < 1.29 is 13.2 Å². The fourth-order valence-corrected chi connectivity index (χ4v) is 2.10. The highest BCUT2D eigenvalue weighted by Gasteiger charge is 2.27. The molecule has 0 saturated heterocycles. The van der Waals surface area contributed by atoms with Crippen LogP contribution in [0.25, 0.3) is 0 Å². The molecule has 1 aromatic rings. The summed E-state index contributed by atoms with van der Waals surface area (Å²) in [5.41, 5.74) is -3.28. The lowest BCUT2D eigenvalue weighted by Gasteiger charge is -2.15. The molecule has 0 spiro atoms. The summed E-state index contributed by atoms with van der Waals surface area (Å²) in [6.07, 6.45) is 0. The van der Waals surface area contributed by atoms with Crippen LogP contribution in [0.5, 0.6) is 0 Å². The Kier molecular flexibility index (Phi) is 6.11. The molecule has 1 unspecified atom stereocenters. The molecule has 102 valence electrons. The number of thioether (sulfide) groups is 1. The van der Waals surface area contributed by atoms with Gasteiger partial charge in [-0.3, -0.25) is 0 Å². The van der Waals surface area contributed by atoms with Gasteiger partial charge in [-0.05, 0) is 36.4 Å². The minimum absolute atomic E-state index is 0.0187. The fraction of sp³-hybridized carbons (Fsp3) is 0.455. The van der Waals surface area contributed by atoms with Crippen LogP contribution in [-0.4, -0.2) is 17.8 Å². The highest BCUT2D eigenvalue weighted by molar-refractivity contribution is 8.00. The van der Waals surface area contributed by atoms with E-state index in [0.29, 0.717) is 10.0 Å². The van der Waals surface area contributed by atoms with Crippen LogP contribution in [0.15, 0.2) is 18.2 Å². The van der Waals surface area contributed by atoms with Crippen molar-refractivity contribution >= 4 is 35.0 Å². The van der Waals surface area contributed by atoms with E-state index in [1.54, 1.807) is 18.2 Å². The van der Waals surface area contributed by atoms with E-state index in [0.717, 1.165) is 5.56 Å². The molecule has 0 fully saturated rings. The van der Waals surface area contributed by atoms with Crippen LogP contribution < -0.4 is 5.32 Å². The molecule has 1 nitrogen and oxygen atoms in total. The summed E-state index contributed by atoms with van der Waals surface area (Å²) < 4.78 is 35.7. The van der Waals surface area contributed by atoms with E-state index in [2.05, 4.69) is 5.32 Å². The monoisotopic (exact) mass is 317 g/mol. The summed E-state index contributed by atoms with van der Waals surface area (Å²) in [4.78, 5) is 0. The molecule has 0 aliphatic rings. The van der Waals surface area contributed by atoms with Gasteiger partial charge in [0.2, 0.25) is 0 Å². The van der Waals surface area contributed by atoms with Gasteiger partial charge in [0.25, 0.3) is 0 Å². The Morgan fingerprint density at radius 3 is 2.50 bits per heavy atom. The first kappa shape index (κ1) is 16.0. The molecule has 1 atom stereocenters. The second-order valence-corrected chi connectivity index (χ2v) is 5.62. The Morgan fingerprint density at radius 1 is 1.28 bits per heavy atom. The second kappa shape index (κ2) is 6.89. The SMILES string of the molecule is CC(NCCSC(F)(F)F)c1ccc(Cl)c(Cl)c1. The quantitative estimate of drug-likeness (QED) is 0.775. The molecule has 0 amide bonds. The topological polar surface area (TPSA) is 12.0 Å². The van der Waals surface area contributed by atoms with Crippen LogP contribution in [0.2, 0.25) is 10.0 Å². The number of alkyl halides is 3. The zero-order valence-corrected chi connectivity index (χ0v) is 11.9. The summed E-state index contributed by atoms with van der Waals surface area (Å²) in [6, 6.07) is 5.09. The minimum atomic E-state index is -4.17. The van der Waals surface area contributed by atoms with E-state index in [1.165, 1.54) is 0 Å². The molecular formula is C11H12Cl2F3NS. The molecule has 1 aromatic carbocycles. The zero-order valence-electron chi connectivity index (χ0n) is 9.52. The normalized spacial score (nSPS) is 13.7. The molecule has 18 heavy (non-hydrogen) atoms. The van der Waals surface area contributed by atoms with Crippen molar-refractivity contribution in [1.82, 2.24) is 5.32 Å². The van der Waals surface area contributed by atoms with E-state index < -0.39 is 5.51 Å². The molecule has 1 N–H and O–H groups in total. The first-order valence-corrected chi connectivity index (χ1v) is 6.93. The van der Waals surface area contributed by atoms with Gasteiger partial charge >= 0.3 is 5.51 Å². The Hall–Kier alpha value is -0.100. The van der Waals surface area contributed by atoms with Crippen LogP contribution in [0.1, 0.15) is 18.5 Å². The van der Waals surface area contributed by atoms with E-state index in [9.17, 15) is 13.2 Å². The van der Waals surface area contributed by atoms with Gasteiger partial charge in [0.1, 0.15) is 0 Å². The summed E-state index contributed by atoms with van der Waals surface area (Å²) in [6.45, 7) is 2.13. The molecule has 1 rings (SSSR count). The predicted molar refractivity (Wildman–Crippen MR) is 71.4 cm³/mol. The van der Waals surface area contributed by atoms with E-state index in [1.807, 2.05) is 6.92 Å². The number of hydrogen-bond acceptors (Lipinski definition) is 2. The van der Waals surface area contributed by atoms with Crippen LogP contribution in [0, 0.1) is 0 Å². The average molecular weight is 318 g/mol. The van der Waals surface area contributed by atoms with Crippen molar-refractivity contribution in [2.45, 2.75) is 18.5 Å². The highest BCUT2D eigenvalue weighted by atomic mass is 35.5. The number of halogens is 5. The summed E-state index contributed by atoms with van der Waals surface area (Å²) in [7, 11) is 0. The van der Waals surface area contributed by atoms with Gasteiger partial charge in [0.15, 0.2) is 0 Å². The Labute approximate surface area is 118 Å². The first-order valence-electron chi connectivity index (χ1n) is 5.18. The Morgan fingerprint density at radius 2 is 1.94 bits per heavy atom. The van der Waals surface area contributed by atoms with Crippen LogP contribution in [0.3, 0.4) is 0 Å².